The van der Waals surface area contributed by atoms with Gasteiger partial charge in [0.2, 0.25) is 0 Å². The molecule has 4 aromatic rings. The van der Waals surface area contributed by atoms with Crippen LogP contribution in [0.2, 0.25) is 5.02 Å². The Morgan fingerprint density at radius 3 is 2.54 bits per heavy atom. The molecular formula is C28H30ClN5O. The monoisotopic (exact) mass is 487 g/mol. The van der Waals surface area contributed by atoms with Crippen molar-refractivity contribution in [3.05, 3.63) is 87.7 Å². The van der Waals surface area contributed by atoms with Gasteiger partial charge in [-0.25, -0.2) is 9.67 Å². The predicted octanol–water partition coefficient (Wildman–Crippen LogP) is 5.39. The number of halogens is 1. The summed E-state index contributed by atoms with van der Waals surface area (Å²) in [6, 6.07) is 18.3. The molecule has 0 bridgehead atoms. The highest BCUT2D eigenvalue weighted by molar-refractivity contribution is 6.31. The van der Waals surface area contributed by atoms with Crippen molar-refractivity contribution in [2.45, 2.75) is 46.2 Å². The molecule has 1 saturated heterocycles. The molecule has 5 rings (SSSR count). The lowest BCUT2D eigenvalue weighted by molar-refractivity contribution is 0.0910. The van der Waals surface area contributed by atoms with E-state index in [1.807, 2.05) is 51.1 Å². The van der Waals surface area contributed by atoms with E-state index in [9.17, 15) is 4.79 Å². The zero-order chi connectivity index (χ0) is 24.5. The molecule has 6 nitrogen and oxygen atoms in total. The number of benzene rings is 2. The van der Waals surface area contributed by atoms with E-state index in [1.54, 1.807) is 4.68 Å². The van der Waals surface area contributed by atoms with Crippen LogP contribution in [0.25, 0.3) is 16.7 Å². The van der Waals surface area contributed by atoms with E-state index in [0.717, 1.165) is 60.5 Å². The standard InChI is InChI=1S/C28H30ClN5O/c1-18-16-23(26-20(3)32-34(27(26)30-18)25-11-7-10-24(29)19(25)2)28(35)31-22-12-14-33(15-13-22)17-21-8-5-4-6-9-21/h4-11,16,22H,12-15,17H2,1-3H3,(H,31,35). The molecule has 1 fully saturated rings. The van der Waals surface area contributed by atoms with Crippen LogP contribution in [-0.4, -0.2) is 44.7 Å². The summed E-state index contributed by atoms with van der Waals surface area (Å²) in [6.07, 6.45) is 1.87. The normalized spacial score (nSPS) is 15.0. The van der Waals surface area contributed by atoms with Gasteiger partial charge in [-0.3, -0.25) is 9.69 Å². The molecule has 2 aromatic heterocycles. The number of nitrogens with one attached hydrogen (secondary N) is 1. The molecule has 1 aliphatic heterocycles. The summed E-state index contributed by atoms with van der Waals surface area (Å²) in [7, 11) is 0. The summed E-state index contributed by atoms with van der Waals surface area (Å²) in [4.78, 5) is 20.7. The van der Waals surface area contributed by atoms with Crippen LogP contribution in [0.3, 0.4) is 0 Å². The fourth-order valence-corrected chi connectivity index (χ4v) is 5.10. The van der Waals surface area contributed by atoms with Crippen molar-refractivity contribution in [3.63, 3.8) is 0 Å². The maximum Gasteiger partial charge on any atom is 0.252 e. The number of carbonyl (C=O) groups excluding carboxylic acids is 1. The van der Waals surface area contributed by atoms with E-state index in [2.05, 4.69) is 34.5 Å². The van der Waals surface area contributed by atoms with Crippen LogP contribution in [0, 0.1) is 20.8 Å². The number of amides is 1. The van der Waals surface area contributed by atoms with Crippen LogP contribution in [-0.2, 0) is 6.54 Å². The molecule has 0 saturated carbocycles. The quantitative estimate of drug-likeness (QED) is 0.409. The smallest absolute Gasteiger partial charge is 0.252 e. The van der Waals surface area contributed by atoms with Crippen LogP contribution in [0.5, 0.6) is 0 Å². The molecular weight excluding hydrogens is 458 g/mol. The molecule has 1 N–H and O–H groups in total. The number of hydrogen-bond donors (Lipinski definition) is 1. The maximum atomic E-state index is 13.5. The third-order valence-corrected chi connectivity index (χ3v) is 7.23. The molecule has 0 aliphatic carbocycles. The number of piperidine rings is 1. The van der Waals surface area contributed by atoms with Gasteiger partial charge in [0.1, 0.15) is 0 Å². The van der Waals surface area contributed by atoms with Crippen LogP contribution < -0.4 is 5.32 Å². The van der Waals surface area contributed by atoms with Gasteiger partial charge >= 0.3 is 0 Å². The Labute approximate surface area is 210 Å². The summed E-state index contributed by atoms with van der Waals surface area (Å²) >= 11 is 6.37. The summed E-state index contributed by atoms with van der Waals surface area (Å²) in [5, 5.41) is 9.50. The predicted molar refractivity (Wildman–Crippen MR) is 140 cm³/mol. The van der Waals surface area contributed by atoms with Crippen LogP contribution in [0.15, 0.2) is 54.6 Å². The van der Waals surface area contributed by atoms with Gasteiger partial charge < -0.3 is 5.32 Å². The zero-order valence-electron chi connectivity index (χ0n) is 20.4. The lowest BCUT2D eigenvalue weighted by atomic mass is 10.0. The van der Waals surface area contributed by atoms with Gasteiger partial charge in [-0.1, -0.05) is 48.0 Å². The number of fused-ring (bicyclic) bond motifs is 1. The largest absolute Gasteiger partial charge is 0.349 e. The van der Waals surface area contributed by atoms with Crippen molar-refractivity contribution in [2.24, 2.45) is 0 Å². The van der Waals surface area contributed by atoms with Gasteiger partial charge in [0, 0.05) is 36.4 Å². The average molecular weight is 488 g/mol. The fraction of sp³-hybridized carbons (Fsp3) is 0.321. The Morgan fingerprint density at radius 2 is 1.80 bits per heavy atom. The first-order valence-corrected chi connectivity index (χ1v) is 12.5. The summed E-state index contributed by atoms with van der Waals surface area (Å²) in [6.45, 7) is 8.69. The zero-order valence-corrected chi connectivity index (χ0v) is 21.1. The van der Waals surface area contributed by atoms with Crippen LogP contribution >= 0.6 is 11.6 Å². The SMILES string of the molecule is Cc1cc(C(=O)NC2CCN(Cc3ccccc3)CC2)c2c(C)nn(-c3cccc(Cl)c3C)c2n1. The first kappa shape index (κ1) is 23.5. The summed E-state index contributed by atoms with van der Waals surface area (Å²) in [5.41, 5.74) is 5.97. The second-order valence-corrected chi connectivity index (χ2v) is 9.81. The van der Waals surface area contributed by atoms with Gasteiger partial charge in [0.25, 0.3) is 5.91 Å². The van der Waals surface area contributed by atoms with Crippen molar-refractivity contribution in [3.8, 4) is 5.69 Å². The molecule has 2 aromatic carbocycles. The lowest BCUT2D eigenvalue weighted by Crippen LogP contribution is -2.44. The van der Waals surface area contributed by atoms with Gasteiger partial charge in [-0.15, -0.1) is 0 Å². The molecule has 35 heavy (non-hydrogen) atoms. The van der Waals surface area contributed by atoms with E-state index < -0.39 is 0 Å². The Balaban J connectivity index is 1.36. The molecule has 0 radical (unpaired) electrons. The van der Waals surface area contributed by atoms with Crippen LogP contribution in [0.1, 0.15) is 45.7 Å². The molecule has 0 atom stereocenters. The Hall–Kier alpha value is -3.22. The molecule has 180 valence electrons. The van der Waals surface area contributed by atoms with Crippen molar-refractivity contribution in [1.29, 1.82) is 0 Å². The Bertz CT molecular complexity index is 1370. The number of aromatic nitrogens is 3. The first-order chi connectivity index (χ1) is 16.9. The van der Waals surface area contributed by atoms with Gasteiger partial charge in [-0.05, 0) is 62.9 Å². The third-order valence-electron chi connectivity index (χ3n) is 6.82. The fourth-order valence-electron chi connectivity index (χ4n) is 4.93. The number of nitrogens with zero attached hydrogens (tertiary/aromatic N) is 4. The molecule has 7 heteroatoms. The molecule has 1 amide bonds. The minimum Gasteiger partial charge on any atom is -0.349 e. The first-order valence-electron chi connectivity index (χ1n) is 12.1. The number of rotatable bonds is 5. The van der Waals surface area contributed by atoms with Crippen molar-refractivity contribution in [2.75, 3.05) is 13.1 Å². The van der Waals surface area contributed by atoms with E-state index in [1.165, 1.54) is 5.56 Å². The van der Waals surface area contributed by atoms with E-state index in [4.69, 9.17) is 21.7 Å². The van der Waals surface area contributed by atoms with Crippen molar-refractivity contribution >= 4 is 28.5 Å². The lowest BCUT2D eigenvalue weighted by Gasteiger charge is -2.32. The highest BCUT2D eigenvalue weighted by Crippen LogP contribution is 2.28. The number of aryl methyl sites for hydroxylation is 2. The van der Waals surface area contributed by atoms with Crippen LogP contribution in [0.4, 0.5) is 0 Å². The highest BCUT2D eigenvalue weighted by atomic mass is 35.5. The number of carbonyl (C=O) groups is 1. The maximum absolute atomic E-state index is 13.5. The van der Waals surface area contributed by atoms with Gasteiger partial charge in [0.15, 0.2) is 5.65 Å². The highest BCUT2D eigenvalue weighted by Gasteiger charge is 2.25. The molecule has 0 unspecified atom stereocenters. The van der Waals surface area contributed by atoms with Crippen molar-refractivity contribution < 1.29 is 4.79 Å². The molecule has 0 spiro atoms. The second-order valence-electron chi connectivity index (χ2n) is 9.40. The minimum atomic E-state index is -0.0625. The molecule has 3 heterocycles. The summed E-state index contributed by atoms with van der Waals surface area (Å²) < 4.78 is 1.80. The second kappa shape index (κ2) is 9.80. The third kappa shape index (κ3) is 4.81. The number of likely N-dealkylation sites (tertiary alicyclic amines) is 1. The number of hydrogen-bond acceptors (Lipinski definition) is 4. The number of pyridine rings is 1. The topological polar surface area (TPSA) is 63.1 Å². The van der Waals surface area contributed by atoms with Crippen molar-refractivity contribution in [1.82, 2.24) is 25.0 Å². The van der Waals surface area contributed by atoms with E-state index in [-0.39, 0.29) is 11.9 Å². The Morgan fingerprint density at radius 1 is 1.06 bits per heavy atom. The average Bonchev–Trinajstić information content (AvgIpc) is 3.18. The Kier molecular flexibility index (Phi) is 6.58. The minimum absolute atomic E-state index is 0.0625. The summed E-state index contributed by atoms with van der Waals surface area (Å²) in [5.74, 6) is -0.0625. The van der Waals surface area contributed by atoms with Gasteiger partial charge in [-0.2, -0.15) is 5.10 Å². The van der Waals surface area contributed by atoms with Gasteiger partial charge in [0.05, 0.1) is 22.3 Å². The van der Waals surface area contributed by atoms with E-state index >= 15 is 0 Å². The molecule has 1 aliphatic rings. The van der Waals surface area contributed by atoms with E-state index in [0.29, 0.717) is 16.2 Å².